The predicted octanol–water partition coefficient (Wildman–Crippen LogP) is 2.88. The zero-order valence-corrected chi connectivity index (χ0v) is 12.4. The molecule has 0 aliphatic carbocycles. The molecule has 0 aromatic carbocycles. The predicted molar refractivity (Wildman–Crippen MR) is 83.3 cm³/mol. The average molecular weight is 314 g/mol. The molecule has 7 heteroatoms. The number of hydrogen-bond donors (Lipinski definition) is 1. The van der Waals surface area contributed by atoms with Crippen LogP contribution >= 0.6 is 11.6 Å². The maximum absolute atomic E-state index is 12.3. The molecule has 3 rings (SSSR count). The van der Waals surface area contributed by atoms with Crippen LogP contribution in [0.25, 0.3) is 5.82 Å². The highest BCUT2D eigenvalue weighted by molar-refractivity contribution is 6.30. The fourth-order valence-corrected chi connectivity index (χ4v) is 2.16. The lowest BCUT2D eigenvalue weighted by Crippen LogP contribution is -2.14. The second-order valence-electron chi connectivity index (χ2n) is 4.56. The molecule has 1 amide bonds. The van der Waals surface area contributed by atoms with Crippen LogP contribution in [0, 0.1) is 6.92 Å². The van der Waals surface area contributed by atoms with Gasteiger partial charge >= 0.3 is 0 Å². The fraction of sp³-hybridized carbons (Fsp3) is 0.0667. The van der Waals surface area contributed by atoms with Gasteiger partial charge in [0, 0.05) is 17.4 Å². The smallest absolute Gasteiger partial charge is 0.260 e. The van der Waals surface area contributed by atoms with Crippen molar-refractivity contribution in [3.8, 4) is 5.82 Å². The second-order valence-corrected chi connectivity index (χ2v) is 4.99. The molecule has 0 fully saturated rings. The van der Waals surface area contributed by atoms with Crippen LogP contribution in [-0.4, -0.2) is 25.7 Å². The van der Waals surface area contributed by atoms with E-state index in [0.717, 1.165) is 0 Å². The van der Waals surface area contributed by atoms with Gasteiger partial charge in [-0.25, -0.2) is 14.6 Å². The summed E-state index contributed by atoms with van der Waals surface area (Å²) in [5, 5.41) is 7.42. The van der Waals surface area contributed by atoms with Gasteiger partial charge < -0.3 is 5.32 Å². The molecule has 3 aromatic heterocycles. The van der Waals surface area contributed by atoms with Crippen molar-refractivity contribution in [1.82, 2.24) is 19.7 Å². The van der Waals surface area contributed by atoms with Crippen molar-refractivity contribution >= 4 is 23.3 Å². The van der Waals surface area contributed by atoms with E-state index >= 15 is 0 Å². The van der Waals surface area contributed by atoms with Gasteiger partial charge in [0.25, 0.3) is 5.91 Å². The lowest BCUT2D eigenvalue weighted by atomic mass is 10.2. The summed E-state index contributed by atoms with van der Waals surface area (Å²) in [5.41, 5.74) is 1.14. The van der Waals surface area contributed by atoms with E-state index in [4.69, 9.17) is 11.6 Å². The maximum Gasteiger partial charge on any atom is 0.260 e. The van der Waals surface area contributed by atoms with Gasteiger partial charge in [0.15, 0.2) is 5.82 Å². The number of anilines is 1. The Morgan fingerprint density at radius 3 is 2.82 bits per heavy atom. The lowest BCUT2D eigenvalue weighted by Gasteiger charge is -2.05. The van der Waals surface area contributed by atoms with E-state index in [9.17, 15) is 4.79 Å². The Kier molecular flexibility index (Phi) is 3.84. The number of hydrogen-bond acceptors (Lipinski definition) is 4. The molecule has 3 heterocycles. The van der Waals surface area contributed by atoms with Crippen molar-refractivity contribution in [3.05, 3.63) is 65.2 Å². The van der Waals surface area contributed by atoms with Gasteiger partial charge in [0.05, 0.1) is 17.5 Å². The molecule has 0 bridgehead atoms. The SMILES string of the molecule is Cc1c(C(=O)Nc2cc(Cl)ccn2)cnn1-c1ccccn1. The van der Waals surface area contributed by atoms with Crippen molar-refractivity contribution in [2.45, 2.75) is 6.92 Å². The van der Waals surface area contributed by atoms with Gasteiger partial charge in [-0.2, -0.15) is 5.10 Å². The summed E-state index contributed by atoms with van der Waals surface area (Å²) < 4.78 is 1.61. The van der Waals surface area contributed by atoms with Gasteiger partial charge in [-0.3, -0.25) is 4.79 Å². The summed E-state index contributed by atoms with van der Waals surface area (Å²) >= 11 is 5.87. The minimum atomic E-state index is -0.297. The van der Waals surface area contributed by atoms with Gasteiger partial charge in [-0.1, -0.05) is 17.7 Å². The number of halogens is 1. The van der Waals surface area contributed by atoms with Crippen LogP contribution in [0.2, 0.25) is 5.02 Å². The van der Waals surface area contributed by atoms with Gasteiger partial charge in [0.1, 0.15) is 5.82 Å². The Morgan fingerprint density at radius 2 is 2.09 bits per heavy atom. The molecule has 1 N–H and O–H groups in total. The van der Waals surface area contributed by atoms with Crippen LogP contribution in [-0.2, 0) is 0 Å². The van der Waals surface area contributed by atoms with Crippen LogP contribution in [0.5, 0.6) is 0 Å². The third-order valence-electron chi connectivity index (χ3n) is 3.08. The molecule has 0 saturated heterocycles. The highest BCUT2D eigenvalue weighted by Crippen LogP contribution is 2.16. The molecule has 0 saturated carbocycles. The van der Waals surface area contributed by atoms with Crippen molar-refractivity contribution in [1.29, 1.82) is 0 Å². The standard InChI is InChI=1S/C15H12ClN5O/c1-10-12(9-19-21(10)14-4-2-3-6-18-14)15(22)20-13-8-11(16)5-7-17-13/h2-9H,1H3,(H,17,20,22). The molecule has 22 heavy (non-hydrogen) atoms. The number of nitrogens with zero attached hydrogens (tertiary/aromatic N) is 4. The molecule has 0 radical (unpaired) electrons. The number of carbonyl (C=O) groups excluding carboxylic acids is 1. The molecular weight excluding hydrogens is 302 g/mol. The van der Waals surface area contributed by atoms with E-state index in [2.05, 4.69) is 20.4 Å². The van der Waals surface area contributed by atoms with E-state index in [0.29, 0.717) is 27.9 Å². The molecule has 3 aromatic rings. The summed E-state index contributed by atoms with van der Waals surface area (Å²) in [5.74, 6) is 0.747. The Balaban J connectivity index is 1.87. The molecule has 0 aliphatic heterocycles. The fourth-order valence-electron chi connectivity index (χ4n) is 2.00. The molecule has 0 unspecified atom stereocenters. The highest BCUT2D eigenvalue weighted by atomic mass is 35.5. The molecule has 0 aliphatic rings. The Labute approximate surface area is 131 Å². The molecule has 110 valence electrons. The zero-order valence-electron chi connectivity index (χ0n) is 11.7. The monoisotopic (exact) mass is 313 g/mol. The Hall–Kier alpha value is -2.73. The zero-order chi connectivity index (χ0) is 15.5. The summed E-state index contributed by atoms with van der Waals surface area (Å²) in [4.78, 5) is 20.6. The van der Waals surface area contributed by atoms with Crippen LogP contribution in [0.3, 0.4) is 0 Å². The van der Waals surface area contributed by atoms with Crippen molar-refractivity contribution in [2.24, 2.45) is 0 Å². The third-order valence-corrected chi connectivity index (χ3v) is 3.32. The second kappa shape index (κ2) is 5.95. The number of nitrogens with one attached hydrogen (secondary N) is 1. The number of amides is 1. The summed E-state index contributed by atoms with van der Waals surface area (Å²) in [6.45, 7) is 1.81. The number of rotatable bonds is 3. The van der Waals surface area contributed by atoms with Crippen LogP contribution in [0.15, 0.2) is 48.9 Å². The van der Waals surface area contributed by atoms with Crippen molar-refractivity contribution in [3.63, 3.8) is 0 Å². The molecular formula is C15H12ClN5O. The third kappa shape index (κ3) is 2.82. The van der Waals surface area contributed by atoms with Gasteiger partial charge in [-0.05, 0) is 31.2 Å². The van der Waals surface area contributed by atoms with Crippen LogP contribution < -0.4 is 5.32 Å². The van der Waals surface area contributed by atoms with Gasteiger partial charge in [0.2, 0.25) is 0 Å². The minimum absolute atomic E-state index is 0.297. The highest BCUT2D eigenvalue weighted by Gasteiger charge is 2.16. The van der Waals surface area contributed by atoms with E-state index in [1.54, 1.807) is 23.0 Å². The topological polar surface area (TPSA) is 72.7 Å². The maximum atomic E-state index is 12.3. The Bertz CT molecular complexity index is 816. The summed E-state index contributed by atoms with van der Waals surface area (Å²) in [7, 11) is 0. The number of aromatic nitrogens is 4. The Morgan fingerprint density at radius 1 is 1.23 bits per heavy atom. The van der Waals surface area contributed by atoms with E-state index in [1.807, 2.05) is 25.1 Å². The summed E-state index contributed by atoms with van der Waals surface area (Å²) in [6.07, 6.45) is 4.71. The first kappa shape index (κ1) is 14.2. The molecule has 0 spiro atoms. The normalized spacial score (nSPS) is 10.5. The van der Waals surface area contributed by atoms with Gasteiger partial charge in [-0.15, -0.1) is 0 Å². The van der Waals surface area contributed by atoms with Crippen molar-refractivity contribution in [2.75, 3.05) is 5.32 Å². The minimum Gasteiger partial charge on any atom is -0.306 e. The first-order chi connectivity index (χ1) is 10.6. The number of pyridine rings is 2. The largest absolute Gasteiger partial charge is 0.306 e. The van der Waals surface area contributed by atoms with Crippen LogP contribution in [0.1, 0.15) is 16.1 Å². The quantitative estimate of drug-likeness (QED) is 0.807. The van der Waals surface area contributed by atoms with E-state index < -0.39 is 0 Å². The number of carbonyl (C=O) groups is 1. The molecule has 0 atom stereocenters. The van der Waals surface area contributed by atoms with E-state index in [1.165, 1.54) is 12.4 Å². The van der Waals surface area contributed by atoms with E-state index in [-0.39, 0.29) is 5.91 Å². The summed E-state index contributed by atoms with van der Waals surface area (Å²) in [6, 6.07) is 8.72. The lowest BCUT2D eigenvalue weighted by molar-refractivity contribution is 0.102. The van der Waals surface area contributed by atoms with Crippen molar-refractivity contribution < 1.29 is 4.79 Å². The van der Waals surface area contributed by atoms with Crippen LogP contribution in [0.4, 0.5) is 5.82 Å². The first-order valence-corrected chi connectivity index (χ1v) is 6.92. The average Bonchev–Trinajstić information content (AvgIpc) is 2.90. The molecule has 6 nitrogen and oxygen atoms in total. The first-order valence-electron chi connectivity index (χ1n) is 6.54.